The molecule has 2 amide bonds. The molecule has 1 N–H and O–H groups in total. The van der Waals surface area contributed by atoms with E-state index in [1.54, 1.807) is 31.2 Å². The molecule has 0 fully saturated rings. The first-order chi connectivity index (χ1) is 11.5. The molecule has 0 atom stereocenters. The number of rotatable bonds is 2. The average molecular weight is 325 g/mol. The standard InChI is InChI=1S/C17H15N3O4/c1-11-10-12(6-7-14(11)20(23)24)17(22)19-9-8-16(21)18-13-4-2-3-5-15(13)19/h2-7,10H,8-9H2,1H3,(H,18,21). The molecule has 1 aliphatic rings. The number of carbonyl (C=O) groups excluding carboxylic acids is 2. The Morgan fingerprint density at radius 3 is 2.71 bits per heavy atom. The third-order valence-corrected chi connectivity index (χ3v) is 3.92. The number of hydrogen-bond donors (Lipinski definition) is 1. The van der Waals surface area contributed by atoms with Crippen LogP contribution in [0.2, 0.25) is 0 Å². The molecular weight excluding hydrogens is 310 g/mol. The number of nitrogens with zero attached hydrogens (tertiary/aromatic N) is 2. The Labute approximate surface area is 138 Å². The van der Waals surface area contributed by atoms with Crippen LogP contribution >= 0.6 is 0 Å². The van der Waals surface area contributed by atoms with Crippen molar-refractivity contribution in [1.82, 2.24) is 0 Å². The zero-order valence-electron chi connectivity index (χ0n) is 13.0. The maximum atomic E-state index is 12.9. The smallest absolute Gasteiger partial charge is 0.272 e. The normalized spacial score (nSPS) is 13.7. The van der Waals surface area contributed by atoms with E-state index in [0.29, 0.717) is 22.5 Å². The molecule has 0 aromatic heterocycles. The van der Waals surface area contributed by atoms with Gasteiger partial charge in [-0.3, -0.25) is 19.7 Å². The first-order valence-electron chi connectivity index (χ1n) is 7.43. The number of aryl methyl sites for hydroxylation is 1. The molecule has 24 heavy (non-hydrogen) atoms. The van der Waals surface area contributed by atoms with Crippen LogP contribution in [0.4, 0.5) is 17.1 Å². The Hall–Kier alpha value is -3.22. The Morgan fingerprint density at radius 2 is 2.00 bits per heavy atom. The van der Waals surface area contributed by atoms with Crippen molar-refractivity contribution in [1.29, 1.82) is 0 Å². The first-order valence-corrected chi connectivity index (χ1v) is 7.43. The lowest BCUT2D eigenvalue weighted by atomic mass is 10.1. The average Bonchev–Trinajstić information content (AvgIpc) is 2.72. The molecule has 3 rings (SSSR count). The van der Waals surface area contributed by atoms with Crippen molar-refractivity contribution in [2.45, 2.75) is 13.3 Å². The lowest BCUT2D eigenvalue weighted by Gasteiger charge is -2.22. The van der Waals surface area contributed by atoms with Crippen LogP contribution in [0.3, 0.4) is 0 Å². The first kappa shape index (κ1) is 15.7. The summed E-state index contributed by atoms with van der Waals surface area (Å²) in [5.74, 6) is -0.449. The maximum Gasteiger partial charge on any atom is 0.272 e. The fourth-order valence-electron chi connectivity index (χ4n) is 2.72. The molecule has 7 nitrogen and oxygen atoms in total. The second-order valence-corrected chi connectivity index (χ2v) is 5.53. The van der Waals surface area contributed by atoms with Crippen molar-refractivity contribution in [3.05, 3.63) is 63.7 Å². The van der Waals surface area contributed by atoms with Gasteiger partial charge in [-0.1, -0.05) is 12.1 Å². The molecule has 122 valence electrons. The number of amides is 2. The molecular formula is C17H15N3O4. The van der Waals surface area contributed by atoms with Gasteiger partial charge in [0.1, 0.15) is 0 Å². The van der Waals surface area contributed by atoms with Crippen LogP contribution in [0, 0.1) is 17.0 Å². The number of nitro benzene ring substituents is 1. The zero-order valence-corrected chi connectivity index (χ0v) is 13.0. The number of benzene rings is 2. The quantitative estimate of drug-likeness (QED) is 0.678. The van der Waals surface area contributed by atoms with Crippen LogP contribution < -0.4 is 10.2 Å². The van der Waals surface area contributed by atoms with Gasteiger partial charge in [0.15, 0.2) is 0 Å². The minimum Gasteiger partial charge on any atom is -0.324 e. The summed E-state index contributed by atoms with van der Waals surface area (Å²) >= 11 is 0. The fourth-order valence-corrected chi connectivity index (χ4v) is 2.72. The highest BCUT2D eigenvalue weighted by atomic mass is 16.6. The zero-order chi connectivity index (χ0) is 17.3. The molecule has 0 unspecified atom stereocenters. The summed E-state index contributed by atoms with van der Waals surface area (Å²) in [6.45, 7) is 1.84. The SMILES string of the molecule is Cc1cc(C(=O)N2CCC(=O)Nc3ccccc32)ccc1[N+](=O)[O-]. The summed E-state index contributed by atoms with van der Waals surface area (Å²) in [5, 5.41) is 13.7. The number of nitro groups is 1. The van der Waals surface area contributed by atoms with Gasteiger partial charge in [0.2, 0.25) is 5.91 Å². The Kier molecular flexibility index (Phi) is 3.99. The van der Waals surface area contributed by atoms with E-state index < -0.39 is 4.92 Å². The number of hydrogen-bond acceptors (Lipinski definition) is 4. The molecule has 1 heterocycles. The summed E-state index contributed by atoms with van der Waals surface area (Å²) in [6, 6.07) is 11.3. The van der Waals surface area contributed by atoms with Gasteiger partial charge in [0.25, 0.3) is 11.6 Å². The largest absolute Gasteiger partial charge is 0.324 e. The summed E-state index contributed by atoms with van der Waals surface area (Å²) in [4.78, 5) is 36.6. The van der Waals surface area contributed by atoms with Crippen LogP contribution in [0.5, 0.6) is 0 Å². The van der Waals surface area contributed by atoms with Gasteiger partial charge in [-0.05, 0) is 31.2 Å². The van der Waals surface area contributed by atoms with Crippen molar-refractivity contribution >= 4 is 28.9 Å². The number of nitrogens with one attached hydrogen (secondary N) is 1. The number of para-hydroxylation sites is 2. The van der Waals surface area contributed by atoms with E-state index >= 15 is 0 Å². The van der Waals surface area contributed by atoms with Gasteiger partial charge in [-0.2, -0.15) is 0 Å². The third kappa shape index (κ3) is 2.83. The van der Waals surface area contributed by atoms with Crippen molar-refractivity contribution in [3.63, 3.8) is 0 Å². The van der Waals surface area contributed by atoms with Crippen LogP contribution in [-0.2, 0) is 4.79 Å². The Bertz CT molecular complexity index is 847. The van der Waals surface area contributed by atoms with Gasteiger partial charge < -0.3 is 10.2 Å². The number of anilines is 2. The number of carbonyl (C=O) groups is 2. The van der Waals surface area contributed by atoms with Crippen molar-refractivity contribution in [3.8, 4) is 0 Å². The second kappa shape index (κ2) is 6.11. The van der Waals surface area contributed by atoms with E-state index in [1.165, 1.54) is 23.1 Å². The van der Waals surface area contributed by atoms with E-state index in [4.69, 9.17) is 0 Å². The van der Waals surface area contributed by atoms with E-state index in [0.717, 1.165) is 0 Å². The van der Waals surface area contributed by atoms with Crippen molar-refractivity contribution in [2.24, 2.45) is 0 Å². The van der Waals surface area contributed by atoms with E-state index in [1.807, 2.05) is 0 Å². The van der Waals surface area contributed by atoms with Crippen LogP contribution in [-0.4, -0.2) is 23.3 Å². The van der Waals surface area contributed by atoms with Gasteiger partial charge in [-0.15, -0.1) is 0 Å². The molecule has 0 spiro atoms. The van der Waals surface area contributed by atoms with Crippen LogP contribution in [0.15, 0.2) is 42.5 Å². The summed E-state index contributed by atoms with van der Waals surface area (Å²) in [5.41, 5.74) is 1.93. The molecule has 2 aromatic carbocycles. The minimum absolute atomic E-state index is 0.0281. The highest BCUT2D eigenvalue weighted by Gasteiger charge is 2.25. The fraction of sp³-hybridized carbons (Fsp3) is 0.176. The molecule has 0 saturated carbocycles. The van der Waals surface area contributed by atoms with Crippen LogP contribution in [0.1, 0.15) is 22.3 Å². The highest BCUT2D eigenvalue weighted by molar-refractivity contribution is 6.10. The molecule has 0 aliphatic carbocycles. The van der Waals surface area contributed by atoms with Gasteiger partial charge in [-0.25, -0.2) is 0 Å². The summed E-state index contributed by atoms with van der Waals surface area (Å²) in [7, 11) is 0. The molecule has 7 heteroatoms. The van der Waals surface area contributed by atoms with E-state index in [9.17, 15) is 19.7 Å². The topological polar surface area (TPSA) is 92.6 Å². The molecule has 0 bridgehead atoms. The molecule has 1 aliphatic heterocycles. The predicted octanol–water partition coefficient (Wildman–Crippen LogP) is 2.89. The van der Waals surface area contributed by atoms with Gasteiger partial charge >= 0.3 is 0 Å². The summed E-state index contributed by atoms with van der Waals surface area (Å²) < 4.78 is 0. The minimum atomic E-state index is -0.479. The maximum absolute atomic E-state index is 12.9. The van der Waals surface area contributed by atoms with Crippen molar-refractivity contribution in [2.75, 3.05) is 16.8 Å². The lowest BCUT2D eigenvalue weighted by molar-refractivity contribution is -0.385. The van der Waals surface area contributed by atoms with Gasteiger partial charge in [0, 0.05) is 30.2 Å². The molecule has 0 radical (unpaired) electrons. The van der Waals surface area contributed by atoms with Crippen molar-refractivity contribution < 1.29 is 14.5 Å². The predicted molar refractivity (Wildman–Crippen MR) is 89.2 cm³/mol. The lowest BCUT2D eigenvalue weighted by Crippen LogP contribution is -2.32. The Balaban J connectivity index is 1.99. The Morgan fingerprint density at radius 1 is 1.25 bits per heavy atom. The molecule has 2 aromatic rings. The summed E-state index contributed by atoms with van der Waals surface area (Å²) in [6.07, 6.45) is 0.187. The monoisotopic (exact) mass is 325 g/mol. The number of fused-ring (bicyclic) bond motifs is 1. The highest BCUT2D eigenvalue weighted by Crippen LogP contribution is 2.30. The third-order valence-electron chi connectivity index (χ3n) is 3.92. The van der Waals surface area contributed by atoms with E-state index in [2.05, 4.69) is 5.32 Å². The van der Waals surface area contributed by atoms with Crippen LogP contribution in [0.25, 0.3) is 0 Å². The second-order valence-electron chi connectivity index (χ2n) is 5.53. The van der Waals surface area contributed by atoms with E-state index in [-0.39, 0.29) is 30.5 Å². The molecule has 0 saturated heterocycles. The van der Waals surface area contributed by atoms with Gasteiger partial charge in [0.05, 0.1) is 16.3 Å².